The Balaban J connectivity index is 1.91. The summed E-state index contributed by atoms with van der Waals surface area (Å²) < 4.78 is 34.9. The molecule has 0 spiro atoms. The molecule has 0 fully saturated rings. The number of carboxylic acid groups (broad SMARTS) is 1. The van der Waals surface area contributed by atoms with Crippen LogP contribution in [-0.2, 0) is 0 Å². The fraction of sp³-hybridized carbons (Fsp3) is 0.130. The van der Waals surface area contributed by atoms with Crippen molar-refractivity contribution >= 4 is 17.6 Å². The van der Waals surface area contributed by atoms with Crippen molar-refractivity contribution in [3.63, 3.8) is 0 Å². The van der Waals surface area contributed by atoms with E-state index >= 15 is 0 Å². The number of carbonyl (C=O) groups is 2. The summed E-state index contributed by atoms with van der Waals surface area (Å²) in [5.41, 5.74) is -0.317. The predicted octanol–water partition coefficient (Wildman–Crippen LogP) is 5.37. The molecule has 0 saturated carbocycles. The van der Waals surface area contributed by atoms with Crippen molar-refractivity contribution < 1.29 is 28.2 Å². The fourth-order valence-corrected chi connectivity index (χ4v) is 2.93. The molecule has 3 aromatic rings. The summed E-state index contributed by atoms with van der Waals surface area (Å²) in [5, 5.41) is 11.3. The number of ether oxygens (including phenoxy) is 1. The average molecular weight is 411 g/mol. The van der Waals surface area contributed by atoms with Crippen molar-refractivity contribution in [2.24, 2.45) is 0 Å². The van der Waals surface area contributed by atoms with E-state index in [0.717, 1.165) is 12.1 Å². The van der Waals surface area contributed by atoms with Crippen LogP contribution < -0.4 is 10.1 Å². The molecule has 5 nitrogen and oxygen atoms in total. The SMILES string of the molecule is CC(C)Oc1cccc(-c2cc(F)c(NC(=O)c3ccccc3C(=O)O)c(F)c2)c1. The normalized spacial score (nSPS) is 10.7. The summed E-state index contributed by atoms with van der Waals surface area (Å²) in [4.78, 5) is 23.7. The third-order valence-corrected chi connectivity index (χ3v) is 4.22. The Bertz CT molecular complexity index is 1090. The second-order valence-electron chi connectivity index (χ2n) is 6.81. The van der Waals surface area contributed by atoms with Gasteiger partial charge in [-0.1, -0.05) is 24.3 Å². The number of aromatic carboxylic acids is 1. The number of hydrogen-bond acceptors (Lipinski definition) is 3. The second-order valence-corrected chi connectivity index (χ2v) is 6.81. The van der Waals surface area contributed by atoms with Gasteiger partial charge >= 0.3 is 5.97 Å². The fourth-order valence-electron chi connectivity index (χ4n) is 2.93. The van der Waals surface area contributed by atoms with Gasteiger partial charge in [-0.25, -0.2) is 13.6 Å². The van der Waals surface area contributed by atoms with Gasteiger partial charge < -0.3 is 15.2 Å². The lowest BCUT2D eigenvalue weighted by Gasteiger charge is -2.13. The van der Waals surface area contributed by atoms with Gasteiger partial charge in [0.25, 0.3) is 5.91 Å². The van der Waals surface area contributed by atoms with Gasteiger partial charge in [-0.05, 0) is 61.4 Å². The van der Waals surface area contributed by atoms with Crippen LogP contribution in [0.5, 0.6) is 5.75 Å². The summed E-state index contributed by atoms with van der Waals surface area (Å²) in [6.45, 7) is 3.73. The molecule has 0 radical (unpaired) electrons. The van der Waals surface area contributed by atoms with Gasteiger partial charge in [-0.15, -0.1) is 0 Å². The zero-order valence-corrected chi connectivity index (χ0v) is 16.3. The van der Waals surface area contributed by atoms with Crippen LogP contribution in [0.4, 0.5) is 14.5 Å². The van der Waals surface area contributed by atoms with Crippen molar-refractivity contribution in [1.29, 1.82) is 0 Å². The van der Waals surface area contributed by atoms with Gasteiger partial charge in [0, 0.05) is 0 Å². The van der Waals surface area contributed by atoms with E-state index in [1.807, 2.05) is 13.8 Å². The topological polar surface area (TPSA) is 75.6 Å². The quantitative estimate of drug-likeness (QED) is 0.572. The maximum Gasteiger partial charge on any atom is 0.336 e. The number of halogens is 2. The molecule has 3 aromatic carbocycles. The van der Waals surface area contributed by atoms with Crippen LogP contribution in [0.15, 0.2) is 60.7 Å². The molecule has 154 valence electrons. The van der Waals surface area contributed by atoms with Crippen molar-refractivity contribution in [3.05, 3.63) is 83.4 Å². The lowest BCUT2D eigenvalue weighted by atomic mass is 10.0. The number of benzene rings is 3. The van der Waals surface area contributed by atoms with Gasteiger partial charge in [0.2, 0.25) is 0 Å². The second kappa shape index (κ2) is 8.73. The molecule has 0 atom stereocenters. The zero-order chi connectivity index (χ0) is 21.8. The highest BCUT2D eigenvalue weighted by Crippen LogP contribution is 2.30. The van der Waals surface area contributed by atoms with Crippen LogP contribution in [0, 0.1) is 11.6 Å². The van der Waals surface area contributed by atoms with Gasteiger partial charge in [0.1, 0.15) is 23.1 Å². The molecule has 0 aliphatic carbocycles. The first-order chi connectivity index (χ1) is 14.3. The van der Waals surface area contributed by atoms with Gasteiger partial charge in [-0.2, -0.15) is 0 Å². The Morgan fingerprint density at radius 3 is 2.13 bits per heavy atom. The molecule has 0 heterocycles. The van der Waals surface area contributed by atoms with Crippen molar-refractivity contribution in [2.75, 3.05) is 5.32 Å². The number of anilines is 1. The van der Waals surface area contributed by atoms with E-state index in [1.165, 1.54) is 24.3 Å². The number of nitrogens with one attached hydrogen (secondary N) is 1. The molecule has 0 bridgehead atoms. The van der Waals surface area contributed by atoms with E-state index in [2.05, 4.69) is 5.32 Å². The van der Waals surface area contributed by atoms with Crippen LogP contribution >= 0.6 is 0 Å². The van der Waals surface area contributed by atoms with Crippen LogP contribution in [0.1, 0.15) is 34.6 Å². The average Bonchev–Trinajstić information content (AvgIpc) is 2.70. The molecule has 0 aliphatic rings. The van der Waals surface area contributed by atoms with E-state index in [9.17, 15) is 23.5 Å². The van der Waals surface area contributed by atoms with E-state index in [-0.39, 0.29) is 22.8 Å². The Hall–Kier alpha value is -3.74. The van der Waals surface area contributed by atoms with Crippen molar-refractivity contribution in [3.8, 4) is 16.9 Å². The molecule has 1 amide bonds. The highest BCUT2D eigenvalue weighted by Gasteiger charge is 2.20. The maximum absolute atomic E-state index is 14.6. The minimum absolute atomic E-state index is 0.0556. The summed E-state index contributed by atoms with van der Waals surface area (Å²) in [6, 6.07) is 14.4. The zero-order valence-electron chi connectivity index (χ0n) is 16.3. The summed E-state index contributed by atoms with van der Waals surface area (Å²) in [5.74, 6) is -3.65. The van der Waals surface area contributed by atoms with E-state index < -0.39 is 29.2 Å². The Labute approximate surface area is 171 Å². The van der Waals surface area contributed by atoms with Gasteiger partial charge in [0.15, 0.2) is 0 Å². The lowest BCUT2D eigenvalue weighted by Crippen LogP contribution is -2.18. The summed E-state index contributed by atoms with van der Waals surface area (Å²) in [7, 11) is 0. The first kappa shape index (κ1) is 21.0. The maximum atomic E-state index is 14.6. The molecule has 0 aliphatic heterocycles. The predicted molar refractivity (Wildman–Crippen MR) is 109 cm³/mol. The first-order valence-electron chi connectivity index (χ1n) is 9.16. The molecule has 0 aromatic heterocycles. The number of hydrogen-bond donors (Lipinski definition) is 2. The summed E-state index contributed by atoms with van der Waals surface area (Å²) in [6.07, 6.45) is -0.0556. The molecule has 30 heavy (non-hydrogen) atoms. The van der Waals surface area contributed by atoms with Gasteiger partial charge in [0.05, 0.1) is 17.2 Å². The van der Waals surface area contributed by atoms with Crippen LogP contribution in [0.3, 0.4) is 0 Å². The molecule has 2 N–H and O–H groups in total. The summed E-state index contributed by atoms with van der Waals surface area (Å²) >= 11 is 0. The van der Waals surface area contributed by atoms with E-state index in [1.54, 1.807) is 24.3 Å². The molecule has 0 saturated heterocycles. The minimum Gasteiger partial charge on any atom is -0.491 e. The highest BCUT2D eigenvalue weighted by atomic mass is 19.1. The van der Waals surface area contributed by atoms with Gasteiger partial charge in [-0.3, -0.25) is 4.79 Å². The highest BCUT2D eigenvalue weighted by molar-refractivity contribution is 6.10. The molecular formula is C23H19F2NO4. The minimum atomic E-state index is -1.32. The number of carbonyl (C=O) groups excluding carboxylic acids is 1. The van der Waals surface area contributed by atoms with Crippen molar-refractivity contribution in [1.82, 2.24) is 0 Å². The Morgan fingerprint density at radius 2 is 1.53 bits per heavy atom. The van der Waals surface area contributed by atoms with E-state index in [0.29, 0.717) is 11.3 Å². The van der Waals surface area contributed by atoms with E-state index in [4.69, 9.17) is 4.74 Å². The Morgan fingerprint density at radius 1 is 0.900 bits per heavy atom. The smallest absolute Gasteiger partial charge is 0.336 e. The monoisotopic (exact) mass is 411 g/mol. The standard InChI is InChI=1S/C23H19F2NO4/c1-13(2)30-16-7-5-6-14(10-16)15-11-19(24)21(20(25)12-15)26-22(27)17-8-3-4-9-18(17)23(28)29/h3-13H,1-2H3,(H,26,27)(H,28,29). The lowest BCUT2D eigenvalue weighted by molar-refractivity contribution is 0.0692. The van der Waals surface area contributed by atoms with Crippen LogP contribution in [0.2, 0.25) is 0 Å². The number of carboxylic acids is 1. The first-order valence-corrected chi connectivity index (χ1v) is 9.16. The van der Waals surface area contributed by atoms with Crippen LogP contribution in [-0.4, -0.2) is 23.1 Å². The molecule has 0 unspecified atom stereocenters. The molecule has 7 heteroatoms. The largest absolute Gasteiger partial charge is 0.491 e. The molecular weight excluding hydrogens is 392 g/mol. The Kier molecular flexibility index (Phi) is 6.11. The van der Waals surface area contributed by atoms with Crippen molar-refractivity contribution in [2.45, 2.75) is 20.0 Å². The molecule has 3 rings (SSSR count). The third kappa shape index (κ3) is 4.63. The number of amides is 1. The number of rotatable bonds is 6. The van der Waals surface area contributed by atoms with Crippen LogP contribution in [0.25, 0.3) is 11.1 Å². The third-order valence-electron chi connectivity index (χ3n) is 4.22.